The molecule has 1 aromatic heterocycles. The molecule has 1 saturated carbocycles. The van der Waals surface area contributed by atoms with Gasteiger partial charge in [-0.05, 0) is 18.9 Å². The van der Waals surface area contributed by atoms with Gasteiger partial charge < -0.3 is 5.73 Å². The van der Waals surface area contributed by atoms with Gasteiger partial charge in [-0.1, -0.05) is 0 Å². The third-order valence-electron chi connectivity index (χ3n) is 3.21. The van der Waals surface area contributed by atoms with E-state index in [-0.39, 0.29) is 23.1 Å². The van der Waals surface area contributed by atoms with Gasteiger partial charge in [0, 0.05) is 6.20 Å². The van der Waals surface area contributed by atoms with E-state index in [1.165, 1.54) is 0 Å². The van der Waals surface area contributed by atoms with Crippen LogP contribution < -0.4 is 5.73 Å². The Balaban J connectivity index is 1.91. The Morgan fingerprint density at radius 3 is 2.67 bits per heavy atom. The zero-order chi connectivity index (χ0) is 10.7. The van der Waals surface area contributed by atoms with E-state index in [1.807, 2.05) is 6.07 Å². The van der Waals surface area contributed by atoms with Crippen LogP contribution in [0.15, 0.2) is 12.3 Å². The van der Waals surface area contributed by atoms with Crippen molar-refractivity contribution in [2.24, 2.45) is 5.73 Å². The highest BCUT2D eigenvalue weighted by Crippen LogP contribution is 2.43. The van der Waals surface area contributed by atoms with Crippen LogP contribution in [-0.2, 0) is 15.4 Å². The molecular formula is C9H13N3O2S. The molecule has 0 radical (unpaired) electrons. The van der Waals surface area contributed by atoms with Crippen molar-refractivity contribution in [1.82, 2.24) is 9.78 Å². The maximum Gasteiger partial charge on any atom is 0.154 e. The van der Waals surface area contributed by atoms with Gasteiger partial charge in [0.1, 0.15) is 0 Å². The van der Waals surface area contributed by atoms with Crippen LogP contribution >= 0.6 is 0 Å². The second-order valence-corrected chi connectivity index (χ2v) is 6.70. The molecule has 6 heteroatoms. The molecule has 15 heavy (non-hydrogen) atoms. The molecule has 0 bridgehead atoms. The van der Waals surface area contributed by atoms with Gasteiger partial charge >= 0.3 is 0 Å². The normalized spacial score (nSPS) is 27.3. The summed E-state index contributed by atoms with van der Waals surface area (Å²) in [6.45, 7) is 0. The van der Waals surface area contributed by atoms with E-state index < -0.39 is 9.84 Å². The lowest BCUT2D eigenvalue weighted by atomic mass is 10.2. The minimum absolute atomic E-state index is 0.000949. The Hall–Kier alpha value is -0.880. The minimum atomic E-state index is -2.80. The molecule has 2 N–H and O–H groups in total. The van der Waals surface area contributed by atoms with Crippen molar-refractivity contribution < 1.29 is 8.42 Å². The topological polar surface area (TPSA) is 78.0 Å². The summed E-state index contributed by atoms with van der Waals surface area (Å²) in [5.74, 6) is 0.412. The molecule has 1 aromatic rings. The number of rotatable bonds is 2. The summed E-state index contributed by atoms with van der Waals surface area (Å²) in [5, 5.41) is 4.18. The summed E-state index contributed by atoms with van der Waals surface area (Å²) in [7, 11) is -2.80. The largest absolute Gasteiger partial charge is 0.320 e. The van der Waals surface area contributed by atoms with E-state index in [0.29, 0.717) is 0 Å². The van der Waals surface area contributed by atoms with Gasteiger partial charge in [-0.15, -0.1) is 0 Å². The van der Waals surface area contributed by atoms with Crippen molar-refractivity contribution >= 4 is 9.84 Å². The van der Waals surface area contributed by atoms with Crippen molar-refractivity contribution in [2.45, 2.75) is 24.4 Å². The maximum absolute atomic E-state index is 11.1. The number of aromatic nitrogens is 2. The summed E-state index contributed by atoms with van der Waals surface area (Å²) in [4.78, 5) is 0. The average molecular weight is 227 g/mol. The van der Waals surface area contributed by atoms with E-state index >= 15 is 0 Å². The van der Waals surface area contributed by atoms with Crippen molar-refractivity contribution in [3.63, 3.8) is 0 Å². The zero-order valence-corrected chi connectivity index (χ0v) is 9.07. The first kappa shape index (κ1) is 9.35. The SMILES string of the molecule is NC1(c2ccnn2C2CS(=O)(=O)C2)CC1. The molecule has 2 fully saturated rings. The third kappa shape index (κ3) is 1.39. The summed E-state index contributed by atoms with van der Waals surface area (Å²) in [6, 6.07) is 1.90. The van der Waals surface area contributed by atoms with Crippen molar-refractivity contribution in [1.29, 1.82) is 0 Å². The van der Waals surface area contributed by atoms with Crippen LogP contribution in [0.4, 0.5) is 0 Å². The third-order valence-corrected chi connectivity index (χ3v) is 4.99. The molecule has 1 aliphatic heterocycles. The molecule has 1 aliphatic carbocycles. The lowest BCUT2D eigenvalue weighted by molar-refractivity contribution is 0.443. The van der Waals surface area contributed by atoms with Crippen LogP contribution in [0.3, 0.4) is 0 Å². The monoisotopic (exact) mass is 227 g/mol. The fourth-order valence-corrected chi connectivity index (χ4v) is 3.43. The van der Waals surface area contributed by atoms with E-state index in [9.17, 15) is 8.42 Å². The van der Waals surface area contributed by atoms with Crippen LogP contribution in [-0.4, -0.2) is 29.7 Å². The van der Waals surface area contributed by atoms with E-state index in [1.54, 1.807) is 10.9 Å². The van der Waals surface area contributed by atoms with Crippen molar-refractivity contribution in [2.75, 3.05) is 11.5 Å². The van der Waals surface area contributed by atoms with Crippen LogP contribution in [0.2, 0.25) is 0 Å². The fraction of sp³-hybridized carbons (Fsp3) is 0.667. The minimum Gasteiger partial charge on any atom is -0.320 e. The van der Waals surface area contributed by atoms with Crippen LogP contribution in [0.5, 0.6) is 0 Å². The van der Waals surface area contributed by atoms with Crippen LogP contribution in [0.25, 0.3) is 0 Å². The first-order valence-corrected chi connectivity index (χ1v) is 6.86. The molecule has 0 atom stereocenters. The summed E-state index contributed by atoms with van der Waals surface area (Å²) >= 11 is 0. The molecule has 0 aromatic carbocycles. The second-order valence-electron chi connectivity index (χ2n) is 4.55. The summed E-state index contributed by atoms with van der Waals surface area (Å²) in [6.07, 6.45) is 3.64. The molecule has 82 valence electrons. The molecule has 0 amide bonds. The number of hydrogen-bond acceptors (Lipinski definition) is 4. The Bertz CT molecular complexity index is 489. The lowest BCUT2D eigenvalue weighted by Crippen LogP contribution is -2.41. The Morgan fingerprint density at radius 2 is 2.13 bits per heavy atom. The van der Waals surface area contributed by atoms with Crippen LogP contribution in [0, 0.1) is 0 Å². The van der Waals surface area contributed by atoms with Crippen molar-refractivity contribution in [3.8, 4) is 0 Å². The van der Waals surface area contributed by atoms with Gasteiger partial charge in [0.15, 0.2) is 9.84 Å². The number of sulfone groups is 1. The number of hydrogen-bond donors (Lipinski definition) is 1. The van der Waals surface area contributed by atoms with Gasteiger partial charge in [0.05, 0.1) is 28.8 Å². The lowest BCUT2D eigenvalue weighted by Gasteiger charge is -2.28. The first-order chi connectivity index (χ1) is 7.00. The van der Waals surface area contributed by atoms with Crippen LogP contribution in [0.1, 0.15) is 24.6 Å². The first-order valence-electron chi connectivity index (χ1n) is 5.03. The average Bonchev–Trinajstić information content (AvgIpc) is 2.69. The highest BCUT2D eigenvalue weighted by molar-refractivity contribution is 7.92. The van der Waals surface area contributed by atoms with E-state index in [2.05, 4.69) is 5.10 Å². The molecule has 0 spiro atoms. The molecular weight excluding hydrogens is 214 g/mol. The molecule has 2 heterocycles. The predicted octanol–water partition coefficient (Wildman–Crippen LogP) is -0.200. The highest BCUT2D eigenvalue weighted by atomic mass is 32.2. The Labute approximate surface area is 88.2 Å². The number of nitrogens with zero attached hydrogens (tertiary/aromatic N) is 2. The maximum atomic E-state index is 11.1. The Kier molecular flexibility index (Phi) is 1.63. The van der Waals surface area contributed by atoms with Gasteiger partial charge in [-0.3, -0.25) is 4.68 Å². The predicted molar refractivity (Wildman–Crippen MR) is 55.0 cm³/mol. The van der Waals surface area contributed by atoms with E-state index in [4.69, 9.17) is 5.73 Å². The van der Waals surface area contributed by atoms with Gasteiger partial charge in [0.2, 0.25) is 0 Å². The molecule has 0 unspecified atom stereocenters. The molecule has 3 rings (SSSR count). The van der Waals surface area contributed by atoms with Gasteiger partial charge in [0.25, 0.3) is 0 Å². The highest BCUT2D eigenvalue weighted by Gasteiger charge is 2.45. The van der Waals surface area contributed by atoms with Crippen molar-refractivity contribution in [3.05, 3.63) is 18.0 Å². The quantitative estimate of drug-likeness (QED) is 0.759. The fourth-order valence-electron chi connectivity index (χ4n) is 2.07. The smallest absolute Gasteiger partial charge is 0.154 e. The second kappa shape index (κ2) is 2.62. The zero-order valence-electron chi connectivity index (χ0n) is 8.26. The van der Waals surface area contributed by atoms with Gasteiger partial charge in [-0.2, -0.15) is 5.10 Å². The summed E-state index contributed by atoms with van der Waals surface area (Å²) in [5.41, 5.74) is 6.84. The number of nitrogens with two attached hydrogens (primary N) is 1. The molecule has 5 nitrogen and oxygen atoms in total. The van der Waals surface area contributed by atoms with E-state index in [0.717, 1.165) is 18.5 Å². The summed E-state index contributed by atoms with van der Waals surface area (Å²) < 4.78 is 24.0. The molecule has 1 saturated heterocycles. The Morgan fingerprint density at radius 1 is 1.47 bits per heavy atom. The molecule has 2 aliphatic rings. The van der Waals surface area contributed by atoms with Gasteiger partial charge in [-0.25, -0.2) is 8.42 Å². The standard InChI is InChI=1S/C9H13N3O2S/c10-9(2-3-9)8-1-4-11-12(8)7-5-15(13,14)6-7/h1,4,7H,2-3,5-6,10H2.